The molecule has 0 heterocycles. The van der Waals surface area contributed by atoms with Crippen LogP contribution in [0.5, 0.6) is 0 Å². The van der Waals surface area contributed by atoms with Gasteiger partial charge in [0.25, 0.3) is 0 Å². The number of carboxylic acid groups (broad SMARTS) is 2. The summed E-state index contributed by atoms with van der Waals surface area (Å²) in [6.45, 7) is 8.24. The number of amides is 2. The van der Waals surface area contributed by atoms with Gasteiger partial charge < -0.3 is 30.4 Å². The van der Waals surface area contributed by atoms with Crippen LogP contribution in [0.15, 0.2) is 30.3 Å². The zero-order valence-corrected chi connectivity index (χ0v) is 33.3. The normalized spacial score (nSPS) is 11.6. The van der Waals surface area contributed by atoms with Gasteiger partial charge in [0.1, 0.15) is 0 Å². The average Bonchev–Trinajstić information content (AvgIpc) is 2.96. The van der Waals surface area contributed by atoms with Crippen molar-refractivity contribution in [1.82, 2.24) is 10.6 Å². The molecule has 2 atom stereocenters. The third-order valence-electron chi connectivity index (χ3n) is 7.24. The molecule has 0 aliphatic heterocycles. The van der Waals surface area contributed by atoms with E-state index in [0.717, 1.165) is 44.1 Å². The van der Waals surface area contributed by atoms with E-state index in [2.05, 4.69) is 24.5 Å². The maximum Gasteiger partial charge on any atom is 1.00 e. The summed E-state index contributed by atoms with van der Waals surface area (Å²) in [5, 5.41) is 27.2. The van der Waals surface area contributed by atoms with Crippen molar-refractivity contribution in [2.75, 3.05) is 0 Å². The fourth-order valence-electron chi connectivity index (χ4n) is 4.75. The Morgan fingerprint density at radius 1 is 0.600 bits per heavy atom. The number of aliphatic carboxylic acids is 2. The SMILES string of the molecule is CCCCCCCCCC(=O)N[C@@H](CC(C)C)C(=O)[O-].CCCCCCCCCC(=O)N[C@@H](Cc1ccccc1)C(=O)[O-].[Na+].[Na+]. The van der Waals surface area contributed by atoms with Crippen LogP contribution in [-0.2, 0) is 25.6 Å². The van der Waals surface area contributed by atoms with Gasteiger partial charge in [0.2, 0.25) is 11.8 Å². The molecule has 2 N–H and O–H groups in total. The summed E-state index contributed by atoms with van der Waals surface area (Å²) in [4.78, 5) is 45.7. The summed E-state index contributed by atoms with van der Waals surface area (Å²) in [6.07, 6.45) is 17.5. The minimum Gasteiger partial charge on any atom is -0.548 e. The molecule has 0 aliphatic carbocycles. The second-order valence-corrected chi connectivity index (χ2v) is 11.9. The number of hydrogen-bond acceptors (Lipinski definition) is 6. The smallest absolute Gasteiger partial charge is 0.548 e. The second-order valence-electron chi connectivity index (χ2n) is 11.9. The van der Waals surface area contributed by atoms with E-state index in [4.69, 9.17) is 0 Å². The fourth-order valence-corrected chi connectivity index (χ4v) is 4.75. The van der Waals surface area contributed by atoms with Crippen LogP contribution in [0.3, 0.4) is 0 Å². The van der Waals surface area contributed by atoms with E-state index in [1.54, 1.807) is 0 Å². The summed E-state index contributed by atoms with van der Waals surface area (Å²) in [6, 6.07) is 7.44. The van der Waals surface area contributed by atoms with E-state index in [-0.39, 0.29) is 83.3 Å². The first-order chi connectivity index (χ1) is 20.6. The van der Waals surface area contributed by atoms with Gasteiger partial charge in [-0.15, -0.1) is 0 Å². The Morgan fingerprint density at radius 2 is 0.978 bits per heavy atom. The van der Waals surface area contributed by atoms with Crippen LogP contribution >= 0.6 is 0 Å². The molecule has 0 saturated carbocycles. The fraction of sp³-hybridized carbons (Fsp3) is 0.714. The Morgan fingerprint density at radius 3 is 1.36 bits per heavy atom. The molecular weight excluding hydrogens is 590 g/mol. The number of carbonyl (C=O) groups excluding carboxylic acids is 4. The second kappa shape index (κ2) is 33.0. The standard InChI is InChI=1S/C19H29NO3.C16H31NO3.2Na/c1-2-3-4-5-6-7-11-14-18(21)20-17(19(22)23)15-16-12-9-8-10-13-16;1-4-5-6-7-8-9-10-11-15(18)17-14(16(19)20)12-13(2)3;;/h8-10,12-13,17H,2-7,11,14-15H2,1H3,(H,20,21)(H,22,23);13-14H,4-12H2,1-3H3,(H,17,18)(H,19,20);;/q;;2*+1/p-2/t17-;14-;;/m00../s1. The van der Waals surface area contributed by atoms with Gasteiger partial charge in [-0.1, -0.05) is 135 Å². The maximum atomic E-state index is 11.9. The van der Waals surface area contributed by atoms with Crippen LogP contribution in [-0.4, -0.2) is 35.8 Å². The number of carboxylic acids is 2. The number of unbranched alkanes of at least 4 members (excludes halogenated alkanes) is 12. The minimum atomic E-state index is -1.23. The number of hydrogen-bond donors (Lipinski definition) is 2. The quantitative estimate of drug-likeness (QED) is 0.109. The Kier molecular flexibility index (Phi) is 35.6. The molecule has 0 radical (unpaired) electrons. The molecule has 0 unspecified atom stereocenters. The number of carbonyl (C=O) groups is 4. The van der Waals surface area contributed by atoms with E-state index in [0.29, 0.717) is 19.3 Å². The molecule has 0 aromatic heterocycles. The number of benzene rings is 1. The van der Waals surface area contributed by atoms with Gasteiger partial charge in [0, 0.05) is 12.8 Å². The van der Waals surface area contributed by atoms with Crippen molar-refractivity contribution in [1.29, 1.82) is 0 Å². The molecule has 1 rings (SSSR count). The van der Waals surface area contributed by atoms with Gasteiger partial charge in [-0.25, -0.2) is 0 Å². The summed E-state index contributed by atoms with van der Waals surface area (Å²) < 4.78 is 0. The predicted molar refractivity (Wildman–Crippen MR) is 169 cm³/mol. The van der Waals surface area contributed by atoms with Gasteiger partial charge in [0.15, 0.2) is 0 Å². The summed E-state index contributed by atoms with van der Waals surface area (Å²) in [7, 11) is 0. The number of nitrogens with one attached hydrogen (secondary N) is 2. The zero-order valence-electron chi connectivity index (χ0n) is 29.3. The van der Waals surface area contributed by atoms with Crippen LogP contribution in [0.2, 0.25) is 0 Å². The van der Waals surface area contributed by atoms with E-state index in [1.807, 2.05) is 44.2 Å². The monoisotopic (exact) mass is 648 g/mol. The predicted octanol–water partition coefficient (Wildman–Crippen LogP) is -0.980. The van der Waals surface area contributed by atoms with Crippen LogP contribution < -0.4 is 80.0 Å². The number of rotatable bonds is 24. The van der Waals surface area contributed by atoms with Gasteiger partial charge in [-0.05, 0) is 37.2 Å². The van der Waals surface area contributed by atoms with Crippen molar-refractivity contribution >= 4 is 23.8 Å². The zero-order chi connectivity index (χ0) is 32.3. The topological polar surface area (TPSA) is 138 Å². The molecule has 2 amide bonds. The van der Waals surface area contributed by atoms with Crippen molar-refractivity contribution in [2.45, 2.75) is 155 Å². The molecule has 0 saturated heterocycles. The average molecular weight is 649 g/mol. The van der Waals surface area contributed by atoms with Crippen LogP contribution in [0, 0.1) is 5.92 Å². The summed E-state index contributed by atoms with van der Waals surface area (Å²) in [5.74, 6) is -2.58. The molecule has 10 heteroatoms. The van der Waals surface area contributed by atoms with Gasteiger partial charge >= 0.3 is 59.1 Å². The van der Waals surface area contributed by atoms with E-state index < -0.39 is 24.0 Å². The van der Waals surface area contributed by atoms with Crippen molar-refractivity contribution in [3.63, 3.8) is 0 Å². The van der Waals surface area contributed by atoms with Crippen molar-refractivity contribution in [3.05, 3.63) is 35.9 Å². The van der Waals surface area contributed by atoms with Crippen molar-refractivity contribution < 1.29 is 88.5 Å². The molecular formula is C35H58N2Na2O6. The summed E-state index contributed by atoms with van der Waals surface area (Å²) in [5.41, 5.74) is 0.873. The molecule has 0 aliphatic rings. The Balaban J connectivity index is -0.000000758. The van der Waals surface area contributed by atoms with Gasteiger partial charge in [-0.2, -0.15) is 0 Å². The van der Waals surface area contributed by atoms with Crippen LogP contribution in [0.4, 0.5) is 0 Å². The summed E-state index contributed by atoms with van der Waals surface area (Å²) >= 11 is 0. The van der Waals surface area contributed by atoms with Crippen molar-refractivity contribution in [3.8, 4) is 0 Å². The third kappa shape index (κ3) is 30.2. The largest absolute Gasteiger partial charge is 1.00 e. The molecule has 0 fully saturated rings. The molecule has 45 heavy (non-hydrogen) atoms. The van der Waals surface area contributed by atoms with Gasteiger partial charge in [-0.3, -0.25) is 9.59 Å². The van der Waals surface area contributed by atoms with Crippen LogP contribution in [0.1, 0.15) is 142 Å². The van der Waals surface area contributed by atoms with Gasteiger partial charge in [0.05, 0.1) is 24.0 Å². The Bertz CT molecular complexity index is 886. The molecule has 0 bridgehead atoms. The Labute approximate surface area is 317 Å². The third-order valence-corrected chi connectivity index (χ3v) is 7.24. The van der Waals surface area contributed by atoms with E-state index >= 15 is 0 Å². The molecule has 1 aromatic rings. The van der Waals surface area contributed by atoms with Crippen LogP contribution in [0.25, 0.3) is 0 Å². The minimum absolute atomic E-state index is 0. The Hall–Kier alpha value is -0.900. The molecule has 1 aromatic carbocycles. The maximum absolute atomic E-state index is 11.9. The first-order valence-electron chi connectivity index (χ1n) is 16.6. The first kappa shape index (κ1) is 48.5. The molecule has 8 nitrogen and oxygen atoms in total. The molecule has 0 spiro atoms. The van der Waals surface area contributed by atoms with E-state index in [9.17, 15) is 29.4 Å². The first-order valence-corrected chi connectivity index (χ1v) is 16.6. The van der Waals surface area contributed by atoms with Crippen molar-refractivity contribution in [2.24, 2.45) is 5.92 Å². The van der Waals surface area contributed by atoms with E-state index in [1.165, 1.54) is 51.4 Å². The molecule has 246 valence electrons.